The van der Waals surface area contributed by atoms with E-state index in [0.717, 1.165) is 5.52 Å². The van der Waals surface area contributed by atoms with Crippen molar-refractivity contribution in [2.24, 2.45) is 0 Å². The molecule has 0 unspecified atom stereocenters. The van der Waals surface area contributed by atoms with Gasteiger partial charge in [0.25, 0.3) is 0 Å². The summed E-state index contributed by atoms with van der Waals surface area (Å²) in [5.74, 6) is 0.691. The molecule has 7 heteroatoms. The highest BCUT2D eigenvalue weighted by molar-refractivity contribution is 6.28. The summed E-state index contributed by atoms with van der Waals surface area (Å²) in [6.07, 6.45) is 1.72. The molecule has 0 saturated carbocycles. The van der Waals surface area contributed by atoms with Crippen molar-refractivity contribution in [3.05, 3.63) is 11.6 Å². The number of rotatable bonds is 4. The molecule has 0 saturated heterocycles. The van der Waals surface area contributed by atoms with E-state index in [1.54, 1.807) is 13.4 Å². The van der Waals surface area contributed by atoms with Gasteiger partial charge in [0.1, 0.15) is 5.52 Å². The van der Waals surface area contributed by atoms with Gasteiger partial charge in [0.15, 0.2) is 11.5 Å². The Morgan fingerprint density at radius 2 is 2.11 bits per heavy atom. The first-order valence-corrected chi connectivity index (χ1v) is 6.44. The van der Waals surface area contributed by atoms with Crippen molar-refractivity contribution in [1.82, 2.24) is 19.5 Å². The molecule has 6 nitrogen and oxygen atoms in total. The van der Waals surface area contributed by atoms with E-state index in [2.05, 4.69) is 41.0 Å². The standard InChI is InChI=1S/C12H18ClN5O/c1-12(2,3)17-10-8-9(15-11(13)16-10)14-7-18(8)5-6-19-4/h7H,5-6H2,1-4H3,(H,15,16,17). The number of aromatic nitrogens is 4. The Morgan fingerprint density at radius 1 is 1.37 bits per heavy atom. The first-order valence-electron chi connectivity index (χ1n) is 6.06. The highest BCUT2D eigenvalue weighted by Gasteiger charge is 2.17. The van der Waals surface area contributed by atoms with Crippen molar-refractivity contribution in [2.75, 3.05) is 19.0 Å². The Kier molecular flexibility index (Phi) is 3.91. The molecule has 0 radical (unpaired) electrons. The van der Waals surface area contributed by atoms with Crippen LogP contribution >= 0.6 is 11.6 Å². The normalized spacial score (nSPS) is 12.1. The largest absolute Gasteiger partial charge is 0.383 e. The predicted octanol–water partition coefficient (Wildman–Crippen LogP) is 2.34. The summed E-state index contributed by atoms with van der Waals surface area (Å²) in [5, 5.41) is 3.52. The van der Waals surface area contributed by atoms with Crippen LogP contribution in [0.2, 0.25) is 5.28 Å². The average Bonchev–Trinajstić information content (AvgIpc) is 2.67. The number of imidazole rings is 1. The Bertz CT molecular complexity index is 575. The monoisotopic (exact) mass is 283 g/mol. The van der Waals surface area contributed by atoms with Crippen molar-refractivity contribution in [1.29, 1.82) is 0 Å². The number of nitrogens with one attached hydrogen (secondary N) is 1. The van der Waals surface area contributed by atoms with Crippen LogP contribution in [0.3, 0.4) is 0 Å². The Morgan fingerprint density at radius 3 is 2.74 bits per heavy atom. The summed E-state index contributed by atoms with van der Waals surface area (Å²) in [6, 6.07) is 0. The van der Waals surface area contributed by atoms with Gasteiger partial charge in [0.05, 0.1) is 12.9 Å². The maximum Gasteiger partial charge on any atom is 0.226 e. The summed E-state index contributed by atoms with van der Waals surface area (Å²) in [6.45, 7) is 7.47. The summed E-state index contributed by atoms with van der Waals surface area (Å²) >= 11 is 5.93. The molecule has 1 N–H and O–H groups in total. The van der Waals surface area contributed by atoms with Crippen molar-refractivity contribution < 1.29 is 4.74 Å². The Hall–Kier alpha value is -1.40. The molecule has 0 bridgehead atoms. The maximum atomic E-state index is 5.93. The van der Waals surface area contributed by atoms with Crippen molar-refractivity contribution >= 4 is 28.6 Å². The van der Waals surface area contributed by atoms with Crippen molar-refractivity contribution in [3.8, 4) is 0 Å². The molecule has 0 aromatic carbocycles. The number of anilines is 1. The van der Waals surface area contributed by atoms with Gasteiger partial charge in [-0.3, -0.25) is 0 Å². The first-order chi connectivity index (χ1) is 8.90. The molecule has 0 spiro atoms. The lowest BCUT2D eigenvalue weighted by Crippen LogP contribution is -2.27. The quantitative estimate of drug-likeness (QED) is 0.873. The lowest BCUT2D eigenvalue weighted by atomic mass is 10.1. The van der Waals surface area contributed by atoms with Gasteiger partial charge in [-0.2, -0.15) is 9.97 Å². The smallest absolute Gasteiger partial charge is 0.226 e. The number of ether oxygens (including phenoxy) is 1. The van der Waals surface area contributed by atoms with E-state index < -0.39 is 0 Å². The van der Waals surface area contributed by atoms with Gasteiger partial charge in [-0.05, 0) is 32.4 Å². The fourth-order valence-corrected chi connectivity index (χ4v) is 1.92. The molecule has 0 aliphatic rings. The zero-order valence-corrected chi connectivity index (χ0v) is 12.3. The summed E-state index contributed by atoms with van der Waals surface area (Å²) in [5.41, 5.74) is 1.31. The second-order valence-electron chi connectivity index (χ2n) is 5.32. The molecule has 0 aliphatic heterocycles. The molecule has 2 aromatic heterocycles. The lowest BCUT2D eigenvalue weighted by Gasteiger charge is -2.22. The fraction of sp³-hybridized carbons (Fsp3) is 0.583. The van der Waals surface area contributed by atoms with E-state index in [1.807, 2.05) is 4.57 Å². The molecule has 0 fully saturated rings. The van der Waals surface area contributed by atoms with Crippen LogP contribution in [0.5, 0.6) is 0 Å². The number of fused-ring (bicyclic) bond motifs is 1. The number of nitrogens with zero attached hydrogens (tertiary/aromatic N) is 4. The summed E-state index contributed by atoms with van der Waals surface area (Å²) in [7, 11) is 1.67. The van der Waals surface area contributed by atoms with E-state index in [-0.39, 0.29) is 10.8 Å². The van der Waals surface area contributed by atoms with Crippen LogP contribution in [-0.2, 0) is 11.3 Å². The van der Waals surface area contributed by atoms with Crippen LogP contribution in [0.15, 0.2) is 6.33 Å². The minimum Gasteiger partial charge on any atom is -0.383 e. The van der Waals surface area contributed by atoms with E-state index in [1.165, 1.54) is 0 Å². The minimum atomic E-state index is -0.124. The van der Waals surface area contributed by atoms with E-state index in [4.69, 9.17) is 16.3 Å². The molecular formula is C12H18ClN5O. The van der Waals surface area contributed by atoms with Gasteiger partial charge in [-0.15, -0.1) is 0 Å². The van der Waals surface area contributed by atoms with Crippen molar-refractivity contribution in [3.63, 3.8) is 0 Å². The molecule has 104 valence electrons. The van der Waals surface area contributed by atoms with Crippen LogP contribution in [0.4, 0.5) is 5.82 Å². The highest BCUT2D eigenvalue weighted by atomic mass is 35.5. The van der Waals surface area contributed by atoms with Gasteiger partial charge in [0, 0.05) is 19.2 Å². The number of halogens is 1. The molecular weight excluding hydrogens is 266 g/mol. The maximum absolute atomic E-state index is 5.93. The molecule has 2 heterocycles. The number of hydrogen-bond acceptors (Lipinski definition) is 5. The second kappa shape index (κ2) is 5.30. The van der Waals surface area contributed by atoms with Gasteiger partial charge in [0.2, 0.25) is 5.28 Å². The van der Waals surface area contributed by atoms with Crippen molar-refractivity contribution in [2.45, 2.75) is 32.9 Å². The molecule has 2 aromatic rings. The second-order valence-corrected chi connectivity index (χ2v) is 5.66. The summed E-state index contributed by atoms with van der Waals surface area (Å²) in [4.78, 5) is 12.7. The third-order valence-corrected chi connectivity index (χ3v) is 2.64. The van der Waals surface area contributed by atoms with Crippen LogP contribution in [0.1, 0.15) is 20.8 Å². The third kappa shape index (κ3) is 3.33. The van der Waals surface area contributed by atoms with E-state index in [9.17, 15) is 0 Å². The van der Waals surface area contributed by atoms with Gasteiger partial charge in [-0.1, -0.05) is 0 Å². The predicted molar refractivity (Wildman–Crippen MR) is 75.6 cm³/mol. The number of hydrogen-bond donors (Lipinski definition) is 1. The molecule has 0 amide bonds. The zero-order chi connectivity index (χ0) is 14.0. The fourth-order valence-electron chi connectivity index (χ4n) is 1.75. The molecule has 2 rings (SSSR count). The summed E-state index contributed by atoms with van der Waals surface area (Å²) < 4.78 is 7.05. The highest BCUT2D eigenvalue weighted by Crippen LogP contribution is 2.24. The number of methoxy groups -OCH3 is 1. The topological polar surface area (TPSA) is 64.9 Å². The molecule has 0 atom stereocenters. The minimum absolute atomic E-state index is 0.124. The van der Waals surface area contributed by atoms with Gasteiger partial charge in [-0.25, -0.2) is 4.98 Å². The Balaban J connectivity index is 2.49. The Labute approximate surface area is 117 Å². The molecule has 19 heavy (non-hydrogen) atoms. The third-order valence-electron chi connectivity index (χ3n) is 2.47. The van der Waals surface area contributed by atoms with Gasteiger partial charge >= 0.3 is 0 Å². The van der Waals surface area contributed by atoms with Crippen LogP contribution in [-0.4, -0.2) is 38.8 Å². The van der Waals surface area contributed by atoms with Crippen LogP contribution < -0.4 is 5.32 Å². The first kappa shape index (κ1) is 14.0. The lowest BCUT2D eigenvalue weighted by molar-refractivity contribution is 0.188. The van der Waals surface area contributed by atoms with Crippen LogP contribution in [0.25, 0.3) is 11.2 Å². The molecule has 0 aliphatic carbocycles. The van der Waals surface area contributed by atoms with E-state index in [0.29, 0.717) is 24.6 Å². The average molecular weight is 284 g/mol. The van der Waals surface area contributed by atoms with Gasteiger partial charge < -0.3 is 14.6 Å². The SMILES string of the molecule is COCCn1cnc2nc(Cl)nc(NC(C)(C)C)c21. The zero-order valence-electron chi connectivity index (χ0n) is 11.6. The van der Waals surface area contributed by atoms with Crippen LogP contribution in [0, 0.1) is 0 Å². The van der Waals surface area contributed by atoms with E-state index >= 15 is 0 Å².